The Kier molecular flexibility index (Phi) is 3.33. The zero-order valence-corrected chi connectivity index (χ0v) is 10.5. The molecule has 0 N–H and O–H groups in total. The average Bonchev–Trinajstić information content (AvgIpc) is 2.66. The predicted octanol–water partition coefficient (Wildman–Crippen LogP) is 3.27. The van der Waals surface area contributed by atoms with E-state index in [9.17, 15) is 0 Å². The van der Waals surface area contributed by atoms with Gasteiger partial charge in [-0.3, -0.25) is 0 Å². The summed E-state index contributed by atoms with van der Waals surface area (Å²) in [6.45, 7) is 1.77. The first-order valence-corrected chi connectivity index (χ1v) is 5.67. The summed E-state index contributed by atoms with van der Waals surface area (Å²) >= 11 is 18.1. The van der Waals surface area contributed by atoms with Crippen LogP contribution >= 0.6 is 34.8 Å². The number of benzene rings is 1. The topological polar surface area (TPSA) is 43.6 Å². The van der Waals surface area contributed by atoms with Gasteiger partial charge in [-0.15, -0.1) is 16.7 Å². The highest BCUT2D eigenvalue weighted by Crippen LogP contribution is 2.30. The van der Waals surface area contributed by atoms with Crippen LogP contribution in [0.2, 0.25) is 10.0 Å². The number of hydrogen-bond acceptors (Lipinski definition) is 3. The second-order valence-electron chi connectivity index (χ2n) is 3.14. The van der Waals surface area contributed by atoms with E-state index in [1.54, 1.807) is 25.1 Å². The molecule has 0 fully saturated rings. The summed E-state index contributed by atoms with van der Waals surface area (Å²) in [6, 6.07) is 5.18. The van der Waals surface area contributed by atoms with Crippen LogP contribution in [-0.2, 0) is 0 Å². The van der Waals surface area contributed by atoms with Crippen molar-refractivity contribution in [2.45, 2.75) is 12.3 Å². The fourth-order valence-electron chi connectivity index (χ4n) is 1.29. The summed E-state index contributed by atoms with van der Waals surface area (Å²) in [5.74, 6) is 0.497. The van der Waals surface area contributed by atoms with E-state index in [4.69, 9.17) is 34.8 Å². The fraction of sp³-hybridized carbons (Fsp3) is 0.222. The minimum atomic E-state index is -0.331. The molecule has 1 unspecified atom stereocenters. The van der Waals surface area contributed by atoms with Crippen molar-refractivity contribution in [3.8, 4) is 5.69 Å². The van der Waals surface area contributed by atoms with Crippen molar-refractivity contribution in [2.24, 2.45) is 0 Å². The first kappa shape index (κ1) is 11.6. The summed E-state index contributed by atoms with van der Waals surface area (Å²) in [5, 5.41) is 11.8. The van der Waals surface area contributed by atoms with Gasteiger partial charge in [0.1, 0.15) is 5.69 Å². The van der Waals surface area contributed by atoms with E-state index < -0.39 is 0 Å². The molecule has 16 heavy (non-hydrogen) atoms. The van der Waals surface area contributed by atoms with Gasteiger partial charge in [-0.05, 0) is 29.5 Å². The number of halogens is 3. The van der Waals surface area contributed by atoms with Gasteiger partial charge in [0, 0.05) is 0 Å². The van der Waals surface area contributed by atoms with Crippen LogP contribution in [0.15, 0.2) is 18.2 Å². The molecule has 0 amide bonds. The number of nitrogens with zero attached hydrogens (tertiary/aromatic N) is 4. The third kappa shape index (κ3) is 2.00. The third-order valence-electron chi connectivity index (χ3n) is 2.00. The highest BCUT2D eigenvalue weighted by molar-refractivity contribution is 6.37. The van der Waals surface area contributed by atoms with Crippen molar-refractivity contribution < 1.29 is 0 Å². The number of aromatic nitrogens is 4. The highest BCUT2D eigenvalue weighted by Gasteiger charge is 2.17. The van der Waals surface area contributed by atoms with Gasteiger partial charge in [0.15, 0.2) is 5.82 Å². The number of alkyl halides is 1. The molecule has 0 saturated heterocycles. The van der Waals surface area contributed by atoms with Crippen molar-refractivity contribution in [3.05, 3.63) is 34.1 Å². The van der Waals surface area contributed by atoms with E-state index in [1.165, 1.54) is 4.68 Å². The normalized spacial score (nSPS) is 12.8. The zero-order chi connectivity index (χ0) is 11.7. The van der Waals surface area contributed by atoms with Gasteiger partial charge in [0.2, 0.25) is 0 Å². The van der Waals surface area contributed by atoms with Crippen molar-refractivity contribution in [1.82, 2.24) is 20.2 Å². The van der Waals surface area contributed by atoms with Crippen LogP contribution in [0.1, 0.15) is 18.1 Å². The monoisotopic (exact) mass is 276 g/mol. The summed E-state index contributed by atoms with van der Waals surface area (Å²) < 4.78 is 1.45. The molecule has 4 nitrogen and oxygen atoms in total. The molecule has 0 aliphatic rings. The first-order chi connectivity index (χ1) is 7.61. The molecular weight excluding hydrogens is 270 g/mol. The lowest BCUT2D eigenvalue weighted by Gasteiger charge is -2.09. The zero-order valence-electron chi connectivity index (χ0n) is 8.23. The molecule has 0 aliphatic heterocycles. The van der Waals surface area contributed by atoms with Crippen molar-refractivity contribution >= 4 is 34.8 Å². The molecule has 2 aromatic rings. The maximum absolute atomic E-state index is 6.05. The Morgan fingerprint density at radius 3 is 2.44 bits per heavy atom. The van der Waals surface area contributed by atoms with Crippen molar-refractivity contribution in [3.63, 3.8) is 0 Å². The highest BCUT2D eigenvalue weighted by atomic mass is 35.5. The van der Waals surface area contributed by atoms with Gasteiger partial charge >= 0.3 is 0 Å². The number of para-hydroxylation sites is 1. The van der Waals surface area contributed by atoms with Crippen LogP contribution in [0.25, 0.3) is 5.69 Å². The van der Waals surface area contributed by atoms with Crippen LogP contribution in [-0.4, -0.2) is 20.2 Å². The van der Waals surface area contributed by atoms with E-state index in [-0.39, 0.29) is 5.38 Å². The first-order valence-electron chi connectivity index (χ1n) is 4.48. The van der Waals surface area contributed by atoms with E-state index in [0.717, 1.165) is 0 Å². The molecule has 2 rings (SSSR count). The number of rotatable bonds is 2. The molecule has 1 heterocycles. The Hall–Kier alpha value is -0.840. The van der Waals surface area contributed by atoms with Crippen LogP contribution < -0.4 is 0 Å². The summed E-state index contributed by atoms with van der Waals surface area (Å²) in [4.78, 5) is 0. The number of hydrogen-bond donors (Lipinski definition) is 0. The molecule has 0 aliphatic carbocycles. The van der Waals surface area contributed by atoms with Crippen LogP contribution in [0.5, 0.6) is 0 Å². The van der Waals surface area contributed by atoms with Crippen LogP contribution in [0.4, 0.5) is 0 Å². The Balaban J connectivity index is 2.63. The second-order valence-corrected chi connectivity index (χ2v) is 4.60. The standard InChI is InChI=1S/C9H7Cl3N4/c1-5(10)9-13-14-15-16(9)8-6(11)3-2-4-7(8)12/h2-5H,1H3. The minimum Gasteiger partial charge on any atom is -0.193 e. The summed E-state index contributed by atoms with van der Waals surface area (Å²) in [6.07, 6.45) is 0. The van der Waals surface area contributed by atoms with Crippen molar-refractivity contribution in [2.75, 3.05) is 0 Å². The van der Waals surface area contributed by atoms with E-state index in [0.29, 0.717) is 21.6 Å². The molecule has 0 radical (unpaired) electrons. The summed E-state index contributed by atoms with van der Waals surface area (Å²) in [7, 11) is 0. The predicted molar refractivity (Wildman–Crippen MR) is 63.4 cm³/mol. The Morgan fingerprint density at radius 2 is 1.88 bits per heavy atom. The van der Waals surface area contributed by atoms with Gasteiger partial charge in [0.25, 0.3) is 0 Å². The van der Waals surface area contributed by atoms with E-state index >= 15 is 0 Å². The molecule has 84 valence electrons. The molecule has 1 aromatic heterocycles. The lowest BCUT2D eigenvalue weighted by atomic mass is 10.3. The van der Waals surface area contributed by atoms with Crippen LogP contribution in [0, 0.1) is 0 Å². The third-order valence-corrected chi connectivity index (χ3v) is 2.80. The maximum Gasteiger partial charge on any atom is 0.174 e. The quantitative estimate of drug-likeness (QED) is 0.791. The Bertz CT molecular complexity index is 489. The number of tetrazole rings is 1. The van der Waals surface area contributed by atoms with Gasteiger partial charge in [-0.25, -0.2) is 0 Å². The average molecular weight is 278 g/mol. The Morgan fingerprint density at radius 1 is 1.25 bits per heavy atom. The van der Waals surface area contributed by atoms with E-state index in [1.807, 2.05) is 0 Å². The van der Waals surface area contributed by atoms with Gasteiger partial charge < -0.3 is 0 Å². The second kappa shape index (κ2) is 4.57. The van der Waals surface area contributed by atoms with Gasteiger partial charge in [0.05, 0.1) is 15.4 Å². The molecule has 0 saturated carbocycles. The molecule has 0 spiro atoms. The molecule has 0 bridgehead atoms. The van der Waals surface area contributed by atoms with E-state index in [2.05, 4.69) is 15.5 Å². The molecule has 1 atom stereocenters. The Labute approximate surface area is 107 Å². The van der Waals surface area contributed by atoms with Gasteiger partial charge in [-0.2, -0.15) is 4.68 Å². The lowest BCUT2D eigenvalue weighted by molar-refractivity contribution is 0.761. The molecule has 7 heteroatoms. The van der Waals surface area contributed by atoms with Crippen LogP contribution in [0.3, 0.4) is 0 Å². The smallest absolute Gasteiger partial charge is 0.174 e. The SMILES string of the molecule is CC(Cl)c1nnnn1-c1c(Cl)cccc1Cl. The maximum atomic E-state index is 6.05. The minimum absolute atomic E-state index is 0.331. The molecule has 1 aromatic carbocycles. The van der Waals surface area contributed by atoms with Gasteiger partial charge in [-0.1, -0.05) is 29.3 Å². The largest absolute Gasteiger partial charge is 0.193 e. The summed E-state index contributed by atoms with van der Waals surface area (Å²) in [5.41, 5.74) is 0.540. The fourth-order valence-corrected chi connectivity index (χ4v) is 1.99. The lowest BCUT2D eigenvalue weighted by Crippen LogP contribution is -2.05. The molecular formula is C9H7Cl3N4. The van der Waals surface area contributed by atoms with Crippen molar-refractivity contribution in [1.29, 1.82) is 0 Å².